The summed E-state index contributed by atoms with van der Waals surface area (Å²) in [5.74, 6) is -1.52. The first-order valence-corrected chi connectivity index (χ1v) is 6.89. The van der Waals surface area contributed by atoms with Crippen molar-refractivity contribution in [1.82, 2.24) is 0 Å². The minimum Gasteiger partial charge on any atom is -0.463 e. The Kier molecular flexibility index (Phi) is 7.06. The Bertz CT molecular complexity index is 399. The average molecular weight is 369 g/mol. The second kappa shape index (κ2) is 8.30. The SMILES string of the molecule is CC(=O)OC[C@H]1O[C@H](OBr)[C@H](OC(C)=O)C[C@@H]1OC(C)=O. The normalized spacial score (nSPS) is 28.6. The van der Waals surface area contributed by atoms with Gasteiger partial charge in [0.15, 0.2) is 6.10 Å². The van der Waals surface area contributed by atoms with Crippen LogP contribution in [0.15, 0.2) is 0 Å². The first-order chi connectivity index (χ1) is 9.83. The van der Waals surface area contributed by atoms with Crippen molar-refractivity contribution in [1.29, 1.82) is 0 Å². The quantitative estimate of drug-likeness (QED) is 0.520. The maximum atomic E-state index is 11.1. The predicted octanol–water partition coefficient (Wildman–Crippen LogP) is 0.854. The zero-order valence-electron chi connectivity index (χ0n) is 11.9. The van der Waals surface area contributed by atoms with Gasteiger partial charge in [-0.3, -0.25) is 18.2 Å². The molecule has 0 aromatic rings. The highest BCUT2D eigenvalue weighted by Crippen LogP contribution is 2.27. The first kappa shape index (κ1) is 17.9. The van der Waals surface area contributed by atoms with E-state index in [1.54, 1.807) is 0 Å². The summed E-state index contributed by atoms with van der Waals surface area (Å²) in [5.41, 5.74) is 0. The van der Waals surface area contributed by atoms with Gasteiger partial charge in [-0.25, -0.2) is 0 Å². The molecule has 1 rings (SSSR count). The molecule has 0 bridgehead atoms. The van der Waals surface area contributed by atoms with Crippen molar-refractivity contribution in [2.24, 2.45) is 0 Å². The summed E-state index contributed by atoms with van der Waals surface area (Å²) in [6.07, 6.45) is -2.92. The van der Waals surface area contributed by atoms with E-state index >= 15 is 0 Å². The van der Waals surface area contributed by atoms with Crippen LogP contribution in [-0.4, -0.2) is 49.1 Å². The zero-order valence-corrected chi connectivity index (χ0v) is 13.5. The summed E-state index contributed by atoms with van der Waals surface area (Å²) in [7, 11) is 0. The van der Waals surface area contributed by atoms with E-state index in [9.17, 15) is 14.4 Å². The molecule has 0 saturated carbocycles. The third kappa shape index (κ3) is 5.98. The Labute approximate surface area is 130 Å². The lowest BCUT2D eigenvalue weighted by Crippen LogP contribution is -2.52. The van der Waals surface area contributed by atoms with Crippen molar-refractivity contribution in [3.63, 3.8) is 0 Å². The van der Waals surface area contributed by atoms with E-state index in [0.717, 1.165) is 0 Å². The third-order valence-corrected chi connectivity index (χ3v) is 3.03. The number of hydrogen-bond acceptors (Lipinski definition) is 8. The molecule has 0 spiro atoms. The number of rotatable bonds is 5. The molecule has 0 aliphatic carbocycles. The Morgan fingerprint density at radius 3 is 2.10 bits per heavy atom. The fourth-order valence-corrected chi connectivity index (χ4v) is 2.25. The molecule has 0 aromatic carbocycles. The van der Waals surface area contributed by atoms with E-state index in [4.69, 9.17) is 22.8 Å². The second-order valence-electron chi connectivity index (χ2n) is 4.47. The number of halogens is 1. The van der Waals surface area contributed by atoms with Crippen LogP contribution in [0.5, 0.6) is 0 Å². The molecule has 1 fully saturated rings. The fraction of sp³-hybridized carbons (Fsp3) is 0.750. The number of esters is 3. The van der Waals surface area contributed by atoms with Gasteiger partial charge in [0.05, 0.1) is 0 Å². The van der Waals surface area contributed by atoms with Crippen molar-refractivity contribution in [2.45, 2.75) is 51.8 Å². The summed E-state index contributed by atoms with van der Waals surface area (Å²) >= 11 is 2.79. The molecule has 0 unspecified atom stereocenters. The van der Waals surface area contributed by atoms with E-state index < -0.39 is 42.5 Å². The van der Waals surface area contributed by atoms with E-state index in [0.29, 0.717) is 0 Å². The summed E-state index contributed by atoms with van der Waals surface area (Å²) in [6, 6.07) is 0. The minimum absolute atomic E-state index is 0.104. The van der Waals surface area contributed by atoms with E-state index in [1.165, 1.54) is 20.8 Å². The van der Waals surface area contributed by atoms with Crippen LogP contribution in [0.3, 0.4) is 0 Å². The largest absolute Gasteiger partial charge is 0.463 e. The topological polar surface area (TPSA) is 97.4 Å². The van der Waals surface area contributed by atoms with E-state index in [1.807, 2.05) is 0 Å². The molecular formula is C12H17BrO8. The van der Waals surface area contributed by atoms with Gasteiger partial charge in [0.2, 0.25) is 6.29 Å². The summed E-state index contributed by atoms with van der Waals surface area (Å²) in [4.78, 5) is 33.1. The predicted molar refractivity (Wildman–Crippen MR) is 71.0 cm³/mol. The maximum Gasteiger partial charge on any atom is 0.303 e. The second-order valence-corrected chi connectivity index (χ2v) is 4.84. The number of ether oxygens (including phenoxy) is 4. The molecule has 9 heteroatoms. The Hall–Kier alpha value is -1.19. The Morgan fingerprint density at radius 1 is 1.05 bits per heavy atom. The summed E-state index contributed by atoms with van der Waals surface area (Å²) in [5, 5.41) is 0. The van der Waals surface area contributed by atoms with Crippen LogP contribution < -0.4 is 0 Å². The Balaban J connectivity index is 2.78. The molecule has 0 radical (unpaired) electrons. The smallest absolute Gasteiger partial charge is 0.303 e. The standard InChI is InChI=1S/C12H17BrO8/c1-6(14)17-5-11-9(18-7(2)15)4-10(19-8(3)16)12(20-11)21-13/h9-12H,4-5H2,1-3H3/t9-,10+,11+,12+/m0/s1. The molecule has 8 nitrogen and oxygen atoms in total. The number of hydrogen-bond donors (Lipinski definition) is 0. The molecule has 1 aliphatic heterocycles. The fourth-order valence-electron chi connectivity index (χ4n) is 1.92. The van der Waals surface area contributed by atoms with Crippen LogP contribution in [-0.2, 0) is 37.2 Å². The zero-order chi connectivity index (χ0) is 16.0. The minimum atomic E-state index is -0.902. The molecule has 0 aromatic heterocycles. The maximum absolute atomic E-state index is 11.1. The van der Waals surface area contributed by atoms with E-state index in [-0.39, 0.29) is 13.0 Å². The molecule has 21 heavy (non-hydrogen) atoms. The van der Waals surface area contributed by atoms with Crippen molar-refractivity contribution >= 4 is 34.2 Å². The molecule has 1 heterocycles. The van der Waals surface area contributed by atoms with Crippen LogP contribution in [0.2, 0.25) is 0 Å². The molecule has 4 atom stereocenters. The van der Waals surface area contributed by atoms with Gasteiger partial charge in [-0.15, -0.1) is 0 Å². The third-order valence-electron chi connectivity index (χ3n) is 2.67. The van der Waals surface area contributed by atoms with Gasteiger partial charge in [0.25, 0.3) is 0 Å². The molecule has 120 valence electrons. The summed E-state index contributed by atoms with van der Waals surface area (Å²) in [6.45, 7) is 3.64. The van der Waals surface area contributed by atoms with Gasteiger partial charge in [-0.2, -0.15) is 0 Å². The van der Waals surface area contributed by atoms with Gasteiger partial charge < -0.3 is 18.9 Å². The van der Waals surface area contributed by atoms with Crippen LogP contribution in [0.25, 0.3) is 0 Å². The highest BCUT2D eigenvalue weighted by molar-refractivity contribution is 9.06. The summed E-state index contributed by atoms with van der Waals surface area (Å²) < 4.78 is 25.5. The lowest BCUT2D eigenvalue weighted by Gasteiger charge is -2.38. The van der Waals surface area contributed by atoms with Crippen molar-refractivity contribution in [3.8, 4) is 0 Å². The van der Waals surface area contributed by atoms with Crippen molar-refractivity contribution in [3.05, 3.63) is 0 Å². The first-order valence-electron chi connectivity index (χ1n) is 6.24. The number of carbonyl (C=O) groups excluding carboxylic acids is 3. The van der Waals surface area contributed by atoms with Crippen LogP contribution in [0, 0.1) is 0 Å². The monoisotopic (exact) mass is 368 g/mol. The molecule has 0 amide bonds. The highest BCUT2D eigenvalue weighted by atomic mass is 79.9. The molecule has 1 aliphatic rings. The highest BCUT2D eigenvalue weighted by Gasteiger charge is 2.42. The lowest BCUT2D eigenvalue weighted by atomic mass is 10.0. The van der Waals surface area contributed by atoms with Crippen molar-refractivity contribution < 1.29 is 37.2 Å². The van der Waals surface area contributed by atoms with E-state index in [2.05, 4.69) is 16.3 Å². The molecule has 0 N–H and O–H groups in total. The van der Waals surface area contributed by atoms with Crippen LogP contribution >= 0.6 is 16.3 Å². The molecular weight excluding hydrogens is 352 g/mol. The van der Waals surface area contributed by atoms with Crippen LogP contribution in [0.4, 0.5) is 0 Å². The van der Waals surface area contributed by atoms with Gasteiger partial charge >= 0.3 is 17.9 Å². The van der Waals surface area contributed by atoms with Gasteiger partial charge in [0.1, 0.15) is 35.1 Å². The average Bonchev–Trinajstić information content (AvgIpc) is 2.36. The Morgan fingerprint density at radius 2 is 1.62 bits per heavy atom. The van der Waals surface area contributed by atoms with Gasteiger partial charge in [-0.05, 0) is 0 Å². The van der Waals surface area contributed by atoms with Crippen molar-refractivity contribution in [2.75, 3.05) is 6.61 Å². The van der Waals surface area contributed by atoms with Gasteiger partial charge in [-0.1, -0.05) is 0 Å². The molecule has 1 saturated heterocycles. The van der Waals surface area contributed by atoms with Gasteiger partial charge in [0, 0.05) is 27.2 Å². The number of carbonyl (C=O) groups is 3. The van der Waals surface area contributed by atoms with Crippen LogP contribution in [0.1, 0.15) is 27.2 Å². The lowest BCUT2D eigenvalue weighted by molar-refractivity contribution is -0.247.